The van der Waals surface area contributed by atoms with Crippen molar-refractivity contribution < 1.29 is 18.9 Å². The lowest BCUT2D eigenvalue weighted by molar-refractivity contribution is -0.128. The molecule has 0 aliphatic heterocycles. The van der Waals surface area contributed by atoms with Crippen LogP contribution in [0.5, 0.6) is 11.5 Å². The minimum absolute atomic E-state index is 0.112. The molecule has 0 saturated carbocycles. The molecule has 4 rings (SSSR count). The number of halogens is 1. The number of anilines is 2. The number of methoxy groups -OCH3 is 2. The number of benzene rings is 2. The fraction of sp³-hybridized carbons (Fsp3) is 0.227. The Morgan fingerprint density at radius 3 is 2.39 bits per heavy atom. The lowest BCUT2D eigenvalue weighted by Crippen LogP contribution is -2.21. The Hall–Kier alpha value is -3.72. The summed E-state index contributed by atoms with van der Waals surface area (Å²) in [7, 11) is 5.02. The predicted molar refractivity (Wildman–Crippen MR) is 115 cm³/mol. The molecule has 0 amide bonds. The maximum atomic E-state index is 12.6. The first-order chi connectivity index (χ1) is 15.1. The minimum Gasteiger partial charge on any atom is -0.497 e. The highest BCUT2D eigenvalue weighted by molar-refractivity contribution is 5.82. The van der Waals surface area contributed by atoms with Crippen LogP contribution in [0.4, 0.5) is 15.9 Å². The van der Waals surface area contributed by atoms with Gasteiger partial charge >= 0.3 is 0 Å². The van der Waals surface area contributed by atoms with Crippen LogP contribution in [0.1, 0.15) is 0 Å². The van der Waals surface area contributed by atoms with E-state index in [1.165, 1.54) is 0 Å². The number of ether oxygens (including phenoxy) is 2. The molecular formula is C22H22FN5O3. The van der Waals surface area contributed by atoms with Crippen molar-refractivity contribution in [1.82, 2.24) is 19.7 Å². The van der Waals surface area contributed by atoms with Gasteiger partial charge in [-0.3, -0.25) is 9.67 Å². The Morgan fingerprint density at radius 2 is 1.74 bits per heavy atom. The lowest BCUT2D eigenvalue weighted by atomic mass is 10.2. The van der Waals surface area contributed by atoms with E-state index in [4.69, 9.17) is 14.5 Å². The largest absolute Gasteiger partial charge is 0.497 e. The van der Waals surface area contributed by atoms with Crippen LogP contribution >= 0.6 is 0 Å². The van der Waals surface area contributed by atoms with Crippen LogP contribution in [0.15, 0.2) is 55.0 Å². The van der Waals surface area contributed by atoms with Crippen LogP contribution in [0.2, 0.25) is 0 Å². The van der Waals surface area contributed by atoms with E-state index in [-0.39, 0.29) is 13.2 Å². The maximum Gasteiger partial charge on any atom is 0.124 e. The fourth-order valence-electron chi connectivity index (χ4n) is 3.34. The summed E-state index contributed by atoms with van der Waals surface area (Å²) in [6, 6.07) is 11.2. The Kier molecular flexibility index (Phi) is 5.94. The second-order valence-corrected chi connectivity index (χ2v) is 6.87. The topological polar surface area (TPSA) is 74.5 Å². The van der Waals surface area contributed by atoms with E-state index in [9.17, 15) is 4.53 Å². The van der Waals surface area contributed by atoms with E-state index in [1.54, 1.807) is 37.4 Å². The number of hydrogen-bond acceptors (Lipinski definition) is 7. The maximum absolute atomic E-state index is 12.6. The van der Waals surface area contributed by atoms with Crippen LogP contribution in [0.3, 0.4) is 0 Å². The summed E-state index contributed by atoms with van der Waals surface area (Å²) in [5, 5.41) is 4.19. The third kappa shape index (κ3) is 4.41. The normalized spacial score (nSPS) is 11.0. The molecule has 2 aromatic heterocycles. The minimum atomic E-state index is -0.112. The van der Waals surface area contributed by atoms with Crippen LogP contribution in [-0.4, -0.2) is 47.1 Å². The van der Waals surface area contributed by atoms with Crippen molar-refractivity contribution in [3.8, 4) is 22.8 Å². The van der Waals surface area contributed by atoms with Gasteiger partial charge in [-0.15, -0.1) is 0 Å². The quantitative estimate of drug-likeness (QED) is 0.423. The third-order valence-electron chi connectivity index (χ3n) is 4.88. The van der Waals surface area contributed by atoms with Crippen LogP contribution in [0, 0.1) is 0 Å². The average molecular weight is 423 g/mol. The van der Waals surface area contributed by atoms with Crippen LogP contribution in [-0.2, 0) is 12.0 Å². The van der Waals surface area contributed by atoms with Gasteiger partial charge in [0.1, 0.15) is 18.1 Å². The molecule has 0 saturated heterocycles. The highest BCUT2D eigenvalue weighted by atomic mass is 19.3. The molecule has 8 nitrogen and oxygen atoms in total. The number of rotatable bonds is 8. The third-order valence-corrected chi connectivity index (χ3v) is 4.88. The van der Waals surface area contributed by atoms with Gasteiger partial charge < -0.3 is 14.4 Å². The van der Waals surface area contributed by atoms with E-state index < -0.39 is 0 Å². The number of nitrogens with zero attached hydrogens (tertiary/aromatic N) is 5. The second kappa shape index (κ2) is 8.97. The molecule has 0 bridgehead atoms. The van der Waals surface area contributed by atoms with Gasteiger partial charge in [0.05, 0.1) is 49.9 Å². The first kappa shape index (κ1) is 20.5. The molecule has 0 unspecified atom stereocenters. The molecule has 0 fully saturated rings. The Balaban J connectivity index is 1.78. The number of fused-ring (bicyclic) bond motifs is 1. The van der Waals surface area contributed by atoms with Gasteiger partial charge in [-0.1, -0.05) is 0 Å². The lowest BCUT2D eigenvalue weighted by Gasteiger charge is -2.25. The molecule has 0 N–H and O–H groups in total. The predicted octanol–water partition coefficient (Wildman–Crippen LogP) is 4.09. The first-order valence-electron chi connectivity index (χ1n) is 9.61. The van der Waals surface area contributed by atoms with Crippen molar-refractivity contribution in [2.75, 3.05) is 32.3 Å². The van der Waals surface area contributed by atoms with E-state index in [1.807, 2.05) is 48.5 Å². The van der Waals surface area contributed by atoms with Crippen molar-refractivity contribution in [2.45, 2.75) is 0 Å². The zero-order valence-corrected chi connectivity index (χ0v) is 17.4. The zero-order chi connectivity index (χ0) is 21.8. The van der Waals surface area contributed by atoms with Gasteiger partial charge in [-0.2, -0.15) is 10.0 Å². The molecule has 4 aromatic rings. The standard InChI is InChI=1S/C22H22FN5O3/c1-27-14-15(12-25-27)22-13-24-20-5-4-16(10-21(20)26-22)28(6-7-31-23)17-8-18(29-2)11-19(9-17)30-3/h4-5,8-14H,6-7H2,1-3H3. The molecule has 0 atom stereocenters. The molecule has 0 aliphatic rings. The van der Waals surface area contributed by atoms with Crippen molar-refractivity contribution in [1.29, 1.82) is 0 Å². The molecule has 9 heteroatoms. The van der Waals surface area contributed by atoms with Crippen molar-refractivity contribution >= 4 is 22.4 Å². The van der Waals surface area contributed by atoms with Crippen molar-refractivity contribution in [3.05, 3.63) is 55.0 Å². The van der Waals surface area contributed by atoms with Crippen molar-refractivity contribution in [2.24, 2.45) is 7.05 Å². The zero-order valence-electron chi connectivity index (χ0n) is 17.4. The summed E-state index contributed by atoms with van der Waals surface area (Å²) >= 11 is 0. The van der Waals surface area contributed by atoms with E-state index >= 15 is 0 Å². The molecule has 160 valence electrons. The molecule has 2 heterocycles. The number of aryl methyl sites for hydroxylation is 1. The molecule has 31 heavy (non-hydrogen) atoms. The van der Waals surface area contributed by atoms with Crippen molar-refractivity contribution in [3.63, 3.8) is 0 Å². The summed E-state index contributed by atoms with van der Waals surface area (Å²) in [6.07, 6.45) is 5.35. The van der Waals surface area contributed by atoms with E-state index in [0.717, 1.165) is 28.1 Å². The molecule has 0 aliphatic carbocycles. The van der Waals surface area contributed by atoms with Gasteiger partial charge in [0, 0.05) is 48.4 Å². The summed E-state index contributed by atoms with van der Waals surface area (Å²) in [5.41, 5.74) is 4.63. The van der Waals surface area contributed by atoms with E-state index in [2.05, 4.69) is 15.0 Å². The number of hydrogen-bond donors (Lipinski definition) is 0. The monoisotopic (exact) mass is 423 g/mol. The molecular weight excluding hydrogens is 401 g/mol. The molecule has 0 radical (unpaired) electrons. The average Bonchev–Trinajstić information content (AvgIpc) is 3.24. The first-order valence-corrected chi connectivity index (χ1v) is 9.61. The van der Waals surface area contributed by atoms with Gasteiger partial charge in [0.2, 0.25) is 0 Å². The Morgan fingerprint density at radius 1 is 0.968 bits per heavy atom. The Labute approximate surface area is 178 Å². The van der Waals surface area contributed by atoms with Gasteiger partial charge in [0.25, 0.3) is 0 Å². The summed E-state index contributed by atoms with van der Waals surface area (Å²) < 4.78 is 25.0. The van der Waals surface area contributed by atoms with Gasteiger partial charge in [-0.25, -0.2) is 4.98 Å². The van der Waals surface area contributed by atoms with E-state index in [0.29, 0.717) is 17.0 Å². The highest BCUT2D eigenvalue weighted by Gasteiger charge is 2.15. The van der Waals surface area contributed by atoms with Crippen LogP contribution < -0.4 is 14.4 Å². The molecule has 2 aromatic carbocycles. The summed E-state index contributed by atoms with van der Waals surface area (Å²) in [6.45, 7) is 0.160. The van der Waals surface area contributed by atoms with Gasteiger partial charge in [0.15, 0.2) is 0 Å². The smallest absolute Gasteiger partial charge is 0.124 e. The van der Waals surface area contributed by atoms with Crippen LogP contribution in [0.25, 0.3) is 22.3 Å². The summed E-state index contributed by atoms with van der Waals surface area (Å²) in [5.74, 6) is 1.25. The SMILES string of the molecule is COc1cc(OC)cc(N(CCOF)c2ccc3ncc(-c4cnn(C)c4)nc3c2)c1. The van der Waals surface area contributed by atoms with Gasteiger partial charge in [-0.05, 0) is 22.7 Å². The Bertz CT molecular complexity index is 1170. The number of aromatic nitrogens is 4. The highest BCUT2D eigenvalue weighted by Crippen LogP contribution is 2.34. The molecule has 0 spiro atoms. The second-order valence-electron chi connectivity index (χ2n) is 6.87. The fourth-order valence-corrected chi connectivity index (χ4v) is 3.34. The summed E-state index contributed by atoms with van der Waals surface area (Å²) in [4.78, 5) is 15.0.